The van der Waals surface area contributed by atoms with Gasteiger partial charge in [0.1, 0.15) is 0 Å². The molecule has 0 spiro atoms. The van der Waals surface area contributed by atoms with Gasteiger partial charge in [0.25, 0.3) is 0 Å². The Morgan fingerprint density at radius 3 is 0.0667 bits per heavy atom. The van der Waals surface area contributed by atoms with E-state index in [1.54, 1.807) is 0 Å². The topological polar surface area (TPSA) is 0 Å². The Balaban J connectivity index is 0. The molecule has 0 amide bonds. The van der Waals surface area contributed by atoms with Crippen molar-refractivity contribution in [2.45, 2.75) is 0 Å². The van der Waals surface area contributed by atoms with Gasteiger partial charge in [-0.1, -0.05) is 0 Å². The predicted molar refractivity (Wildman–Crippen MR) is 0 cm³/mol. The van der Waals surface area contributed by atoms with E-state index in [1.807, 2.05) is 0 Å². The summed E-state index contributed by atoms with van der Waals surface area (Å²) in [5, 5.41) is 0. The number of rotatable bonds is 0. The summed E-state index contributed by atoms with van der Waals surface area (Å²) in [6.45, 7) is 0. The molecule has 0 radical (unpaired) electrons. The Hall–Kier alpha value is 10.7. The first-order valence-electron chi connectivity index (χ1n) is 0. The summed E-state index contributed by atoms with van der Waals surface area (Å²) in [6, 6.07) is 0. The van der Waals surface area contributed by atoms with E-state index in [2.05, 4.69) is 0 Å². The standard InChI is InChI=1S/15Ti. The minimum Gasteiger partial charge on any atom is 0 e. The van der Waals surface area contributed by atoms with Crippen LogP contribution in [0.2, 0.25) is 0 Å². The van der Waals surface area contributed by atoms with Crippen LogP contribution in [0.5, 0.6) is 0 Å². The minimum absolute atomic E-state index is 0. The fourth-order valence-electron chi connectivity index (χ4n) is 0. The second-order valence-corrected chi connectivity index (χ2v) is 0. The smallest absolute Gasteiger partial charge is 0 e. The van der Waals surface area contributed by atoms with Gasteiger partial charge < -0.3 is 0 Å². The summed E-state index contributed by atoms with van der Waals surface area (Å²) < 4.78 is 0. The van der Waals surface area contributed by atoms with Gasteiger partial charge in [-0.25, -0.2) is 0 Å². The van der Waals surface area contributed by atoms with Crippen molar-refractivity contribution in [3.63, 3.8) is 0 Å². The van der Waals surface area contributed by atoms with E-state index in [0.717, 1.165) is 0 Å². The maximum atomic E-state index is 0. The summed E-state index contributed by atoms with van der Waals surface area (Å²) in [5.41, 5.74) is 0. The molecule has 60 valence electrons. The summed E-state index contributed by atoms with van der Waals surface area (Å²) in [4.78, 5) is 0. The Labute approximate surface area is 316 Å². The number of hydrogen-bond acceptors (Lipinski definition) is 0. The molecule has 0 saturated carbocycles. The summed E-state index contributed by atoms with van der Waals surface area (Å²) >= 11 is 0. The molecule has 0 nitrogen and oxygen atoms in total. The third-order valence-corrected chi connectivity index (χ3v) is 0. The van der Waals surface area contributed by atoms with Crippen molar-refractivity contribution in [3.05, 3.63) is 0 Å². The van der Waals surface area contributed by atoms with Crippen LogP contribution in [0.4, 0.5) is 0 Å². The second-order valence-electron chi connectivity index (χ2n) is 0. The van der Waals surface area contributed by atoms with Gasteiger partial charge in [0.15, 0.2) is 0 Å². The SMILES string of the molecule is [Ti].[Ti].[Ti].[Ti].[Ti].[Ti].[Ti].[Ti].[Ti].[Ti].[Ti].[Ti].[Ti].[Ti].[Ti]. The molecule has 0 fully saturated rings. The van der Waals surface area contributed by atoms with E-state index >= 15 is 0 Å². The molecule has 0 aliphatic rings. The van der Waals surface area contributed by atoms with E-state index in [0.29, 0.717) is 0 Å². The molecule has 0 aromatic carbocycles. The Bertz CT molecular complexity index is 0. The number of hydrogen-bond donors (Lipinski definition) is 0. The van der Waals surface area contributed by atoms with Gasteiger partial charge in [-0.15, -0.1) is 0 Å². The first-order chi connectivity index (χ1) is 0. The summed E-state index contributed by atoms with van der Waals surface area (Å²) in [6.07, 6.45) is 0. The monoisotopic (exact) mass is 719 g/mol. The van der Waals surface area contributed by atoms with Gasteiger partial charge >= 0.3 is 0 Å². The van der Waals surface area contributed by atoms with Gasteiger partial charge in [0, 0.05) is 326 Å². The van der Waals surface area contributed by atoms with Gasteiger partial charge in [-0.05, 0) is 0 Å². The Kier molecular flexibility index (Phi) is 1100. The van der Waals surface area contributed by atoms with E-state index in [1.165, 1.54) is 0 Å². The molecule has 0 rings (SSSR count). The normalized spacial score (nSPS) is 0. The molecule has 0 aromatic heterocycles. The van der Waals surface area contributed by atoms with Gasteiger partial charge in [0.2, 0.25) is 0 Å². The van der Waals surface area contributed by atoms with Gasteiger partial charge in [0.05, 0.1) is 0 Å². The molecule has 0 atom stereocenters. The minimum atomic E-state index is 0. The van der Waals surface area contributed by atoms with Crippen molar-refractivity contribution in [2.24, 2.45) is 0 Å². The second kappa shape index (κ2) is 121. The third-order valence-electron chi connectivity index (χ3n) is 0. The first-order valence-corrected chi connectivity index (χ1v) is 0. The van der Waals surface area contributed by atoms with Crippen molar-refractivity contribution in [1.29, 1.82) is 0 Å². The molecule has 0 unspecified atom stereocenters. The molecule has 0 bridgehead atoms. The summed E-state index contributed by atoms with van der Waals surface area (Å²) in [5.74, 6) is 0. The Morgan fingerprint density at radius 2 is 0.0667 bits per heavy atom. The van der Waals surface area contributed by atoms with Crippen LogP contribution in [0.3, 0.4) is 0 Å². The van der Waals surface area contributed by atoms with Crippen LogP contribution in [0, 0.1) is 0 Å². The van der Waals surface area contributed by atoms with Crippen LogP contribution >= 0.6 is 0 Å². The van der Waals surface area contributed by atoms with Gasteiger partial charge in [-0.2, -0.15) is 0 Å². The first kappa shape index (κ1) is 137. The maximum Gasteiger partial charge on any atom is 0 e. The zero-order valence-electron chi connectivity index (χ0n) is 7.50. The third kappa shape index (κ3) is 111. The van der Waals surface area contributed by atoms with E-state index < -0.39 is 0 Å². The molecule has 0 saturated heterocycles. The average molecular weight is 718 g/mol. The van der Waals surface area contributed by atoms with Crippen LogP contribution in [-0.2, 0) is 326 Å². The molecule has 0 aromatic rings. The predicted octanol–water partition coefficient (Wildman–Crippen LogP) is -0.0375. The van der Waals surface area contributed by atoms with Crippen molar-refractivity contribution < 1.29 is 326 Å². The van der Waals surface area contributed by atoms with E-state index in [-0.39, 0.29) is 326 Å². The Morgan fingerprint density at radius 1 is 0.0667 bits per heavy atom. The van der Waals surface area contributed by atoms with Crippen molar-refractivity contribution in [1.82, 2.24) is 0 Å². The van der Waals surface area contributed by atoms with Crippen molar-refractivity contribution in [2.75, 3.05) is 0 Å². The average Bonchev–Trinajstić information content (AvgIpc) is 0. The zero-order valence-corrected chi connectivity index (χ0v) is 30.9. The van der Waals surface area contributed by atoms with Crippen LogP contribution in [0.15, 0.2) is 0 Å². The molecule has 0 aliphatic carbocycles. The zero-order chi connectivity index (χ0) is 0. The van der Waals surface area contributed by atoms with E-state index in [9.17, 15) is 0 Å². The maximum absolute atomic E-state index is 0. The van der Waals surface area contributed by atoms with E-state index in [4.69, 9.17) is 0 Å². The fourth-order valence-corrected chi connectivity index (χ4v) is 0. The largest absolute Gasteiger partial charge is 0 e. The van der Waals surface area contributed by atoms with Gasteiger partial charge in [-0.3, -0.25) is 0 Å². The molecule has 0 aliphatic heterocycles. The quantitative estimate of drug-likeness (QED) is 0.309. The molecule has 0 heterocycles. The van der Waals surface area contributed by atoms with Crippen LogP contribution in [0.25, 0.3) is 0 Å². The van der Waals surface area contributed by atoms with Crippen LogP contribution in [0.1, 0.15) is 0 Å². The molecular formula is Ti15. The molecule has 15 heavy (non-hydrogen) atoms. The van der Waals surface area contributed by atoms with Crippen LogP contribution in [-0.4, -0.2) is 0 Å². The molecule has 0 N–H and O–H groups in total. The fraction of sp³-hybridized carbons (Fsp3) is 0. The molecular weight excluding hydrogens is 718 g/mol. The van der Waals surface area contributed by atoms with Crippen LogP contribution < -0.4 is 0 Å². The van der Waals surface area contributed by atoms with Crippen molar-refractivity contribution in [3.8, 4) is 0 Å². The molecule has 15 heteroatoms. The van der Waals surface area contributed by atoms with Crippen molar-refractivity contribution >= 4 is 0 Å². The summed E-state index contributed by atoms with van der Waals surface area (Å²) in [7, 11) is 0.